The molecule has 1 aliphatic heterocycles. The summed E-state index contributed by atoms with van der Waals surface area (Å²) in [6.45, 7) is 5.81. The number of nitrogens with zero attached hydrogens (tertiary/aromatic N) is 1. The van der Waals surface area contributed by atoms with Crippen LogP contribution in [0.4, 0.5) is 0 Å². The average molecular weight is 257 g/mol. The molecule has 1 aliphatic rings. The fourth-order valence-corrected chi connectivity index (χ4v) is 2.41. The van der Waals surface area contributed by atoms with Gasteiger partial charge in [0.25, 0.3) is 0 Å². The molecule has 0 bridgehead atoms. The van der Waals surface area contributed by atoms with Crippen LogP contribution in [-0.4, -0.2) is 56.7 Å². The zero-order chi connectivity index (χ0) is 13.4. The molecule has 5 nitrogen and oxygen atoms in total. The molecule has 1 saturated heterocycles. The number of nitrogens with one attached hydrogen (secondary N) is 1. The van der Waals surface area contributed by atoms with Gasteiger partial charge in [-0.25, -0.2) is 0 Å². The van der Waals surface area contributed by atoms with E-state index in [0.717, 1.165) is 26.2 Å². The van der Waals surface area contributed by atoms with Gasteiger partial charge in [0.05, 0.1) is 6.61 Å². The van der Waals surface area contributed by atoms with Crippen LogP contribution >= 0.6 is 0 Å². The minimum absolute atomic E-state index is 0.0831. The number of carbonyl (C=O) groups excluding carboxylic acids is 1. The van der Waals surface area contributed by atoms with Crippen LogP contribution in [0.1, 0.15) is 26.2 Å². The van der Waals surface area contributed by atoms with Crippen LogP contribution < -0.4 is 11.1 Å². The van der Waals surface area contributed by atoms with Crippen LogP contribution in [-0.2, 0) is 9.53 Å². The molecule has 1 rings (SSSR count). The van der Waals surface area contributed by atoms with Gasteiger partial charge in [0.1, 0.15) is 0 Å². The molecule has 5 heteroatoms. The molecule has 1 fully saturated rings. The highest BCUT2D eigenvalue weighted by atomic mass is 16.5. The van der Waals surface area contributed by atoms with E-state index in [9.17, 15) is 4.79 Å². The van der Waals surface area contributed by atoms with Gasteiger partial charge in [-0.1, -0.05) is 0 Å². The maximum atomic E-state index is 11.6. The summed E-state index contributed by atoms with van der Waals surface area (Å²) in [5.74, 6) is 0.659. The molecular weight excluding hydrogens is 230 g/mol. The minimum atomic E-state index is 0.0831. The Kier molecular flexibility index (Phi) is 7.23. The molecule has 18 heavy (non-hydrogen) atoms. The quantitative estimate of drug-likeness (QED) is 0.683. The van der Waals surface area contributed by atoms with Crippen LogP contribution in [0.3, 0.4) is 0 Å². The third kappa shape index (κ3) is 5.33. The average Bonchev–Trinajstić information content (AvgIpc) is 2.37. The normalized spacial score (nSPS) is 21.9. The first kappa shape index (κ1) is 15.4. The van der Waals surface area contributed by atoms with Crippen molar-refractivity contribution < 1.29 is 9.53 Å². The Labute approximate surface area is 110 Å². The number of hydrogen-bond donors (Lipinski definition) is 2. The van der Waals surface area contributed by atoms with E-state index in [1.54, 1.807) is 0 Å². The lowest BCUT2D eigenvalue weighted by atomic mass is 10.0. The van der Waals surface area contributed by atoms with E-state index in [1.807, 2.05) is 14.0 Å². The van der Waals surface area contributed by atoms with Crippen LogP contribution in [0.25, 0.3) is 0 Å². The lowest BCUT2D eigenvalue weighted by Gasteiger charge is -2.31. The van der Waals surface area contributed by atoms with Gasteiger partial charge in [-0.2, -0.15) is 0 Å². The smallest absolute Gasteiger partial charge is 0.221 e. The van der Waals surface area contributed by atoms with Gasteiger partial charge in [-0.3, -0.25) is 4.79 Å². The summed E-state index contributed by atoms with van der Waals surface area (Å²) in [5, 5.41) is 2.82. The van der Waals surface area contributed by atoms with Crippen molar-refractivity contribution in [3.05, 3.63) is 0 Å². The van der Waals surface area contributed by atoms with Gasteiger partial charge < -0.3 is 20.7 Å². The van der Waals surface area contributed by atoms with Gasteiger partial charge in [0.2, 0.25) is 5.91 Å². The Hall–Kier alpha value is -0.650. The van der Waals surface area contributed by atoms with Crippen molar-refractivity contribution in [1.29, 1.82) is 0 Å². The molecule has 106 valence electrons. The molecular formula is C13H27N3O2. The van der Waals surface area contributed by atoms with Gasteiger partial charge in [0.15, 0.2) is 0 Å². The summed E-state index contributed by atoms with van der Waals surface area (Å²) < 4.78 is 5.48. The van der Waals surface area contributed by atoms with E-state index >= 15 is 0 Å². The number of nitrogens with two attached hydrogens (primary N) is 1. The first-order chi connectivity index (χ1) is 8.67. The van der Waals surface area contributed by atoms with Crippen molar-refractivity contribution in [3.8, 4) is 0 Å². The molecule has 0 aromatic heterocycles. The third-order valence-corrected chi connectivity index (χ3v) is 3.49. The second-order valence-corrected chi connectivity index (χ2v) is 5.07. The SMILES string of the molecule is CCNC(=O)CC(CN)N(C)CC1CCCOC1. The Bertz CT molecular complexity index is 242. The first-order valence-corrected chi connectivity index (χ1v) is 6.92. The van der Waals surface area contributed by atoms with E-state index in [0.29, 0.717) is 25.4 Å². The molecule has 0 aliphatic carbocycles. The van der Waals surface area contributed by atoms with Crippen LogP contribution in [0.15, 0.2) is 0 Å². The molecule has 0 radical (unpaired) electrons. The van der Waals surface area contributed by atoms with Gasteiger partial charge in [-0.15, -0.1) is 0 Å². The number of carbonyl (C=O) groups is 1. The Morgan fingerprint density at radius 3 is 2.94 bits per heavy atom. The maximum absolute atomic E-state index is 11.6. The number of hydrogen-bond acceptors (Lipinski definition) is 4. The summed E-state index contributed by atoms with van der Waals surface area (Å²) in [4.78, 5) is 13.8. The van der Waals surface area contributed by atoms with Gasteiger partial charge in [0, 0.05) is 38.7 Å². The Morgan fingerprint density at radius 1 is 1.61 bits per heavy atom. The third-order valence-electron chi connectivity index (χ3n) is 3.49. The standard InChI is InChI=1S/C13H27N3O2/c1-3-15-13(17)7-12(8-14)16(2)9-11-5-4-6-18-10-11/h11-12H,3-10,14H2,1-2H3,(H,15,17). The highest BCUT2D eigenvalue weighted by Gasteiger charge is 2.21. The summed E-state index contributed by atoms with van der Waals surface area (Å²) >= 11 is 0. The lowest BCUT2D eigenvalue weighted by Crippen LogP contribution is -2.44. The maximum Gasteiger partial charge on any atom is 0.221 e. The summed E-state index contributed by atoms with van der Waals surface area (Å²) in [5.41, 5.74) is 5.77. The summed E-state index contributed by atoms with van der Waals surface area (Å²) in [6.07, 6.45) is 2.83. The molecule has 1 heterocycles. The highest BCUT2D eigenvalue weighted by Crippen LogP contribution is 2.16. The number of amides is 1. The Morgan fingerprint density at radius 2 is 2.39 bits per heavy atom. The molecule has 0 aromatic rings. The van der Waals surface area contributed by atoms with Crippen molar-refractivity contribution >= 4 is 5.91 Å². The van der Waals surface area contributed by atoms with Gasteiger partial charge >= 0.3 is 0 Å². The molecule has 0 saturated carbocycles. The number of ether oxygens (including phenoxy) is 1. The van der Waals surface area contributed by atoms with Crippen molar-refractivity contribution in [1.82, 2.24) is 10.2 Å². The molecule has 2 unspecified atom stereocenters. The fraction of sp³-hybridized carbons (Fsp3) is 0.923. The summed E-state index contributed by atoms with van der Waals surface area (Å²) in [6, 6.07) is 0.124. The van der Waals surface area contributed by atoms with E-state index in [2.05, 4.69) is 10.2 Å². The second-order valence-electron chi connectivity index (χ2n) is 5.07. The van der Waals surface area contributed by atoms with Crippen molar-refractivity contribution in [2.75, 3.05) is 39.9 Å². The van der Waals surface area contributed by atoms with Crippen LogP contribution in [0.5, 0.6) is 0 Å². The Balaban J connectivity index is 2.35. The molecule has 1 amide bonds. The highest BCUT2D eigenvalue weighted by molar-refractivity contribution is 5.76. The predicted molar refractivity (Wildman–Crippen MR) is 72.3 cm³/mol. The van der Waals surface area contributed by atoms with Crippen molar-refractivity contribution in [3.63, 3.8) is 0 Å². The second kappa shape index (κ2) is 8.45. The predicted octanol–water partition coefficient (Wildman–Crippen LogP) is 0.198. The number of likely N-dealkylation sites (N-methyl/N-ethyl adjacent to an activating group) is 1. The van der Waals surface area contributed by atoms with Crippen LogP contribution in [0.2, 0.25) is 0 Å². The van der Waals surface area contributed by atoms with Gasteiger partial charge in [-0.05, 0) is 32.7 Å². The van der Waals surface area contributed by atoms with E-state index in [4.69, 9.17) is 10.5 Å². The van der Waals surface area contributed by atoms with E-state index < -0.39 is 0 Å². The molecule has 0 aromatic carbocycles. The lowest BCUT2D eigenvalue weighted by molar-refractivity contribution is -0.122. The zero-order valence-corrected chi connectivity index (χ0v) is 11.7. The van der Waals surface area contributed by atoms with Crippen molar-refractivity contribution in [2.24, 2.45) is 11.7 Å². The van der Waals surface area contributed by atoms with Crippen molar-refractivity contribution in [2.45, 2.75) is 32.2 Å². The zero-order valence-electron chi connectivity index (χ0n) is 11.7. The largest absolute Gasteiger partial charge is 0.381 e. The van der Waals surface area contributed by atoms with Crippen LogP contribution in [0, 0.1) is 5.92 Å². The monoisotopic (exact) mass is 257 g/mol. The fourth-order valence-electron chi connectivity index (χ4n) is 2.41. The number of rotatable bonds is 7. The van der Waals surface area contributed by atoms with E-state index in [1.165, 1.54) is 6.42 Å². The summed E-state index contributed by atoms with van der Waals surface area (Å²) in [7, 11) is 2.05. The minimum Gasteiger partial charge on any atom is -0.381 e. The molecule has 0 spiro atoms. The first-order valence-electron chi connectivity index (χ1n) is 6.92. The van der Waals surface area contributed by atoms with E-state index in [-0.39, 0.29) is 11.9 Å². The molecule has 3 N–H and O–H groups in total. The topological polar surface area (TPSA) is 67.6 Å². The molecule has 2 atom stereocenters.